The van der Waals surface area contributed by atoms with E-state index >= 15 is 0 Å². The molecule has 182 valence electrons. The quantitative estimate of drug-likeness (QED) is 0.189. The van der Waals surface area contributed by atoms with Crippen molar-refractivity contribution in [1.29, 1.82) is 0 Å². The van der Waals surface area contributed by atoms with Crippen LogP contribution in [0.1, 0.15) is 46.8 Å². The van der Waals surface area contributed by atoms with Crippen molar-refractivity contribution < 1.29 is 14.7 Å². The maximum absolute atomic E-state index is 13.5. The number of amides is 1. The average Bonchev–Trinajstić information content (AvgIpc) is 2.84. The van der Waals surface area contributed by atoms with E-state index in [-0.39, 0.29) is 17.9 Å². The number of carbonyl (C=O) groups is 2. The molecule has 0 aliphatic carbocycles. The van der Waals surface area contributed by atoms with Crippen molar-refractivity contribution in [3.05, 3.63) is 106 Å². The van der Waals surface area contributed by atoms with E-state index < -0.39 is 29.5 Å². The largest absolute Gasteiger partial charge is 0.481 e. The fourth-order valence-electron chi connectivity index (χ4n) is 3.92. The molecule has 0 radical (unpaired) electrons. The van der Waals surface area contributed by atoms with Crippen molar-refractivity contribution in [1.82, 2.24) is 9.88 Å². The Balaban J connectivity index is 1.90. The molecule has 1 heterocycles. The predicted octanol–water partition coefficient (Wildman–Crippen LogP) is 2.11. The molecule has 3 aromatic rings. The van der Waals surface area contributed by atoms with Gasteiger partial charge in [-0.2, -0.15) is 0 Å². The minimum absolute atomic E-state index is 0.0555. The van der Waals surface area contributed by atoms with Gasteiger partial charge >= 0.3 is 5.97 Å². The summed E-state index contributed by atoms with van der Waals surface area (Å²) in [5.74, 6) is -1.74. The van der Waals surface area contributed by atoms with Crippen molar-refractivity contribution in [2.45, 2.75) is 31.3 Å². The molecule has 35 heavy (non-hydrogen) atoms. The molecular weight excluding hydrogens is 446 g/mol. The van der Waals surface area contributed by atoms with Crippen molar-refractivity contribution in [3.63, 3.8) is 0 Å². The molecule has 0 fully saturated rings. The van der Waals surface area contributed by atoms with Crippen LogP contribution in [0.5, 0.6) is 0 Å². The second-order valence-electron chi connectivity index (χ2n) is 8.08. The molecule has 0 aliphatic rings. The number of aliphatic carboxylic acids is 1. The zero-order chi connectivity index (χ0) is 25.2. The van der Waals surface area contributed by atoms with Crippen LogP contribution in [0.3, 0.4) is 0 Å². The number of pyridine rings is 1. The summed E-state index contributed by atoms with van der Waals surface area (Å²) in [6.45, 7) is 0.308. The van der Waals surface area contributed by atoms with Crippen LogP contribution >= 0.6 is 0 Å². The molecule has 1 aromatic heterocycles. The molecule has 3 rings (SSSR count). The van der Waals surface area contributed by atoms with Gasteiger partial charge in [0.2, 0.25) is 0 Å². The summed E-state index contributed by atoms with van der Waals surface area (Å²) in [5.41, 5.74) is 11.9. The number of carboxylic acid groups (broad SMARTS) is 1. The number of nitrogens with one attached hydrogen (secondary N) is 1. The Morgan fingerprint density at radius 3 is 2.09 bits per heavy atom. The first kappa shape index (κ1) is 25.2. The molecule has 6 N–H and O–H groups in total. The summed E-state index contributed by atoms with van der Waals surface area (Å²) < 4.78 is 1.52. The first-order valence-electron chi connectivity index (χ1n) is 11.3. The highest BCUT2D eigenvalue weighted by molar-refractivity contribution is 5.94. The SMILES string of the molecule is NC(N)=NCCCC(CC(=O)O)NC(=O)c1cccn(C(c2ccccc2)c2ccccc2)c1=O. The third kappa shape index (κ3) is 7.04. The van der Waals surface area contributed by atoms with Gasteiger partial charge in [0.05, 0.1) is 12.5 Å². The first-order chi connectivity index (χ1) is 16.9. The Morgan fingerprint density at radius 1 is 0.943 bits per heavy atom. The van der Waals surface area contributed by atoms with Crippen LogP contribution in [0.25, 0.3) is 0 Å². The summed E-state index contributed by atoms with van der Waals surface area (Å²) in [6, 6.07) is 21.0. The predicted molar refractivity (Wildman–Crippen MR) is 134 cm³/mol. The number of hydrogen-bond donors (Lipinski definition) is 4. The Kier molecular flexibility index (Phi) is 8.77. The highest BCUT2D eigenvalue weighted by Crippen LogP contribution is 2.25. The van der Waals surface area contributed by atoms with Crippen LogP contribution < -0.4 is 22.3 Å². The molecule has 0 bridgehead atoms. The van der Waals surface area contributed by atoms with Crippen LogP contribution in [-0.2, 0) is 4.79 Å². The fraction of sp³-hybridized carbons (Fsp3) is 0.231. The van der Waals surface area contributed by atoms with E-state index in [1.165, 1.54) is 10.6 Å². The highest BCUT2D eigenvalue weighted by atomic mass is 16.4. The lowest BCUT2D eigenvalue weighted by atomic mass is 9.98. The number of aromatic nitrogens is 1. The van der Waals surface area contributed by atoms with Gasteiger partial charge in [-0.15, -0.1) is 0 Å². The van der Waals surface area contributed by atoms with Gasteiger partial charge in [0.1, 0.15) is 5.56 Å². The lowest BCUT2D eigenvalue weighted by Gasteiger charge is -2.22. The van der Waals surface area contributed by atoms with Gasteiger partial charge in [0.15, 0.2) is 5.96 Å². The van der Waals surface area contributed by atoms with Gasteiger partial charge in [0.25, 0.3) is 11.5 Å². The molecular formula is C26H29N5O4. The Hall–Kier alpha value is -4.40. The molecule has 1 amide bonds. The summed E-state index contributed by atoms with van der Waals surface area (Å²) in [4.78, 5) is 41.7. The molecule has 0 spiro atoms. The van der Waals surface area contributed by atoms with E-state index in [2.05, 4.69) is 10.3 Å². The number of rotatable bonds is 11. The van der Waals surface area contributed by atoms with Crippen LogP contribution in [-0.4, -0.2) is 40.1 Å². The number of benzene rings is 2. The smallest absolute Gasteiger partial charge is 0.305 e. The standard InChI is InChI=1S/C26H29N5O4/c27-26(28)29-15-7-13-20(17-22(32)33)30-24(34)21-14-8-16-31(25(21)35)23(18-9-3-1-4-10-18)19-11-5-2-6-12-19/h1-6,8-12,14,16,20,23H,7,13,15,17H2,(H,30,34)(H,32,33)(H4,27,28,29). The first-order valence-corrected chi connectivity index (χ1v) is 11.3. The van der Waals surface area contributed by atoms with Gasteiger partial charge in [0, 0.05) is 18.8 Å². The summed E-state index contributed by atoms with van der Waals surface area (Å²) in [7, 11) is 0. The monoisotopic (exact) mass is 475 g/mol. The molecule has 1 unspecified atom stereocenters. The normalized spacial score (nSPS) is 11.6. The Bertz CT molecular complexity index is 1180. The number of carbonyl (C=O) groups excluding carboxylic acids is 1. The number of hydrogen-bond acceptors (Lipinski definition) is 4. The van der Waals surface area contributed by atoms with Crippen LogP contribution in [0.15, 0.2) is 88.8 Å². The Morgan fingerprint density at radius 2 is 1.54 bits per heavy atom. The zero-order valence-corrected chi connectivity index (χ0v) is 19.2. The summed E-state index contributed by atoms with van der Waals surface area (Å²) in [6.07, 6.45) is 2.17. The number of nitrogens with zero attached hydrogens (tertiary/aromatic N) is 2. The maximum Gasteiger partial charge on any atom is 0.305 e. The minimum Gasteiger partial charge on any atom is -0.481 e. The molecule has 1 atom stereocenters. The van der Waals surface area contributed by atoms with E-state index in [0.29, 0.717) is 19.4 Å². The highest BCUT2D eigenvalue weighted by Gasteiger charge is 2.23. The third-order valence-corrected chi connectivity index (χ3v) is 5.49. The zero-order valence-electron chi connectivity index (χ0n) is 19.2. The summed E-state index contributed by atoms with van der Waals surface area (Å²) >= 11 is 0. The maximum atomic E-state index is 13.5. The third-order valence-electron chi connectivity index (χ3n) is 5.49. The molecule has 0 saturated carbocycles. The molecule has 9 nitrogen and oxygen atoms in total. The summed E-state index contributed by atoms with van der Waals surface area (Å²) in [5, 5.41) is 11.9. The van der Waals surface area contributed by atoms with Crippen LogP contribution in [0, 0.1) is 0 Å². The van der Waals surface area contributed by atoms with Gasteiger partial charge in [-0.25, -0.2) is 0 Å². The molecule has 2 aromatic carbocycles. The van der Waals surface area contributed by atoms with Gasteiger partial charge < -0.3 is 26.5 Å². The van der Waals surface area contributed by atoms with Gasteiger partial charge in [-0.1, -0.05) is 60.7 Å². The average molecular weight is 476 g/mol. The topological polar surface area (TPSA) is 153 Å². The minimum atomic E-state index is -1.06. The lowest BCUT2D eigenvalue weighted by molar-refractivity contribution is -0.137. The number of guanidine groups is 1. The molecule has 0 saturated heterocycles. The van der Waals surface area contributed by atoms with Gasteiger partial charge in [-0.3, -0.25) is 19.4 Å². The molecule has 9 heteroatoms. The van der Waals surface area contributed by atoms with Crippen molar-refractivity contribution in [3.8, 4) is 0 Å². The van der Waals surface area contributed by atoms with E-state index in [0.717, 1.165) is 11.1 Å². The van der Waals surface area contributed by atoms with Crippen molar-refractivity contribution >= 4 is 17.8 Å². The fourth-order valence-corrected chi connectivity index (χ4v) is 3.92. The number of aliphatic imine (C=N–C) groups is 1. The van der Waals surface area contributed by atoms with Gasteiger partial charge in [-0.05, 0) is 36.1 Å². The molecule has 0 aliphatic heterocycles. The number of carboxylic acids is 1. The van der Waals surface area contributed by atoms with Crippen LogP contribution in [0.2, 0.25) is 0 Å². The van der Waals surface area contributed by atoms with Crippen molar-refractivity contribution in [2.24, 2.45) is 16.5 Å². The van der Waals surface area contributed by atoms with Crippen LogP contribution in [0.4, 0.5) is 0 Å². The van der Waals surface area contributed by atoms with E-state index in [1.807, 2.05) is 60.7 Å². The lowest BCUT2D eigenvalue weighted by Crippen LogP contribution is -2.40. The second kappa shape index (κ2) is 12.2. The number of nitrogens with two attached hydrogens (primary N) is 2. The van der Waals surface area contributed by atoms with E-state index in [4.69, 9.17) is 11.5 Å². The second-order valence-corrected chi connectivity index (χ2v) is 8.08. The van der Waals surface area contributed by atoms with E-state index in [1.54, 1.807) is 12.3 Å². The van der Waals surface area contributed by atoms with E-state index in [9.17, 15) is 19.5 Å². The van der Waals surface area contributed by atoms with Crippen molar-refractivity contribution in [2.75, 3.05) is 6.54 Å². The Labute approximate surface area is 203 Å².